The molecule has 0 saturated heterocycles. The first-order valence-corrected chi connectivity index (χ1v) is 10.1. The molecule has 2 aromatic rings. The van der Waals surface area contributed by atoms with Gasteiger partial charge in [0.25, 0.3) is 5.91 Å². The predicted molar refractivity (Wildman–Crippen MR) is 111 cm³/mol. The second-order valence-electron chi connectivity index (χ2n) is 6.58. The summed E-state index contributed by atoms with van der Waals surface area (Å²) in [6, 6.07) is 8.96. The van der Waals surface area contributed by atoms with Crippen molar-refractivity contribution in [1.29, 1.82) is 0 Å². The van der Waals surface area contributed by atoms with Crippen LogP contribution in [0, 0.1) is 6.92 Å². The van der Waals surface area contributed by atoms with Crippen molar-refractivity contribution in [3.8, 4) is 5.75 Å². The van der Waals surface area contributed by atoms with E-state index in [0.29, 0.717) is 16.3 Å². The largest absolute Gasteiger partial charge is 0.482 e. The molecule has 0 aliphatic rings. The number of rotatable bonds is 9. The van der Waals surface area contributed by atoms with Gasteiger partial charge in [0.2, 0.25) is 0 Å². The van der Waals surface area contributed by atoms with Gasteiger partial charge in [0.15, 0.2) is 13.2 Å². The number of hydrogen-bond donors (Lipinski definition) is 1. The highest BCUT2D eigenvalue weighted by molar-refractivity contribution is 7.16. The summed E-state index contributed by atoms with van der Waals surface area (Å²) in [7, 11) is 0. The highest BCUT2D eigenvalue weighted by Crippen LogP contribution is 2.33. The molecule has 0 aliphatic carbocycles. The van der Waals surface area contributed by atoms with E-state index in [-0.39, 0.29) is 19.1 Å². The number of thiophene rings is 1. The maximum atomic E-state index is 12.2. The molecule has 0 spiro atoms. The average Bonchev–Trinajstić information content (AvgIpc) is 3.09. The molecule has 1 N–H and O–H groups in total. The normalized spacial score (nSPS) is 10.5. The number of carbonyl (C=O) groups excluding carboxylic acids is 3. The van der Waals surface area contributed by atoms with Crippen LogP contribution in [-0.4, -0.2) is 37.7 Å². The molecule has 156 valence electrons. The first-order chi connectivity index (χ1) is 13.8. The molecule has 1 aromatic carbocycles. The van der Waals surface area contributed by atoms with E-state index in [4.69, 9.17) is 14.2 Å². The monoisotopic (exact) mass is 419 g/mol. The fourth-order valence-electron chi connectivity index (χ4n) is 2.35. The van der Waals surface area contributed by atoms with Crippen molar-refractivity contribution in [3.05, 3.63) is 46.3 Å². The number of benzene rings is 1. The molecule has 2 rings (SSSR count). The fraction of sp³-hybridized carbons (Fsp3) is 0.381. The predicted octanol–water partition coefficient (Wildman–Crippen LogP) is 3.92. The Morgan fingerprint density at radius 3 is 2.52 bits per heavy atom. The van der Waals surface area contributed by atoms with Gasteiger partial charge in [0.05, 0.1) is 12.2 Å². The van der Waals surface area contributed by atoms with Gasteiger partial charge in [-0.3, -0.25) is 4.79 Å². The SMILES string of the molecule is CCOC(=O)c1cc(C(C)C)sc1NC(=O)COC(=O)COc1cccc(C)c1. The molecule has 0 atom stereocenters. The van der Waals surface area contributed by atoms with E-state index in [0.717, 1.165) is 10.4 Å². The Morgan fingerprint density at radius 1 is 1.10 bits per heavy atom. The topological polar surface area (TPSA) is 90.9 Å². The highest BCUT2D eigenvalue weighted by Gasteiger charge is 2.20. The first kappa shape index (κ1) is 22.4. The van der Waals surface area contributed by atoms with Crippen LogP contribution in [0.3, 0.4) is 0 Å². The molecule has 8 heteroatoms. The second-order valence-corrected chi connectivity index (χ2v) is 7.66. The third-order valence-corrected chi connectivity index (χ3v) is 5.13. The molecule has 1 amide bonds. The number of carbonyl (C=O) groups is 3. The van der Waals surface area contributed by atoms with E-state index in [2.05, 4.69) is 5.32 Å². The molecule has 1 heterocycles. The Labute approximate surface area is 174 Å². The summed E-state index contributed by atoms with van der Waals surface area (Å²) in [6.07, 6.45) is 0. The summed E-state index contributed by atoms with van der Waals surface area (Å²) in [5, 5.41) is 3.00. The van der Waals surface area contributed by atoms with Crippen LogP contribution >= 0.6 is 11.3 Å². The van der Waals surface area contributed by atoms with Crippen molar-refractivity contribution in [1.82, 2.24) is 0 Å². The number of aryl methyl sites for hydroxylation is 1. The van der Waals surface area contributed by atoms with Crippen LogP contribution in [-0.2, 0) is 19.1 Å². The zero-order valence-electron chi connectivity index (χ0n) is 16.9. The molecule has 29 heavy (non-hydrogen) atoms. The molecule has 0 saturated carbocycles. The lowest BCUT2D eigenvalue weighted by Crippen LogP contribution is -2.24. The van der Waals surface area contributed by atoms with Gasteiger partial charge in [0, 0.05) is 4.88 Å². The summed E-state index contributed by atoms with van der Waals surface area (Å²) in [6.45, 7) is 7.05. The smallest absolute Gasteiger partial charge is 0.344 e. The van der Waals surface area contributed by atoms with Crippen LogP contribution in [0.1, 0.15) is 47.5 Å². The summed E-state index contributed by atoms with van der Waals surface area (Å²) < 4.78 is 15.3. The summed E-state index contributed by atoms with van der Waals surface area (Å²) in [4.78, 5) is 37.0. The van der Waals surface area contributed by atoms with Gasteiger partial charge in [-0.2, -0.15) is 0 Å². The Hall–Kier alpha value is -2.87. The Bertz CT molecular complexity index is 874. The summed E-state index contributed by atoms with van der Waals surface area (Å²) in [5.74, 6) is -0.979. The van der Waals surface area contributed by atoms with Crippen LogP contribution in [0.25, 0.3) is 0 Å². The molecular weight excluding hydrogens is 394 g/mol. The van der Waals surface area contributed by atoms with Crippen LogP contribution in [0.4, 0.5) is 5.00 Å². The van der Waals surface area contributed by atoms with Gasteiger partial charge in [-0.25, -0.2) is 9.59 Å². The Morgan fingerprint density at radius 2 is 1.86 bits per heavy atom. The lowest BCUT2D eigenvalue weighted by molar-refractivity contribution is -0.149. The lowest BCUT2D eigenvalue weighted by atomic mass is 10.1. The van der Waals surface area contributed by atoms with Gasteiger partial charge < -0.3 is 19.5 Å². The Balaban J connectivity index is 1.89. The molecular formula is C21H25NO6S. The maximum Gasteiger partial charge on any atom is 0.344 e. The lowest BCUT2D eigenvalue weighted by Gasteiger charge is -2.08. The van der Waals surface area contributed by atoms with Crippen molar-refractivity contribution in [2.24, 2.45) is 0 Å². The molecule has 0 fully saturated rings. The molecule has 0 unspecified atom stereocenters. The molecule has 0 radical (unpaired) electrons. The Kier molecular flexibility index (Phi) is 8.21. The van der Waals surface area contributed by atoms with Gasteiger partial charge in [-0.05, 0) is 43.5 Å². The summed E-state index contributed by atoms with van der Waals surface area (Å²) in [5.41, 5.74) is 1.30. The van der Waals surface area contributed by atoms with E-state index in [9.17, 15) is 14.4 Å². The van der Waals surface area contributed by atoms with Gasteiger partial charge in [-0.1, -0.05) is 26.0 Å². The van der Waals surface area contributed by atoms with Crippen molar-refractivity contribution in [3.63, 3.8) is 0 Å². The molecule has 7 nitrogen and oxygen atoms in total. The van der Waals surface area contributed by atoms with E-state index >= 15 is 0 Å². The fourth-order valence-corrected chi connectivity index (χ4v) is 3.41. The average molecular weight is 419 g/mol. The van der Waals surface area contributed by atoms with Gasteiger partial charge in [0.1, 0.15) is 10.8 Å². The number of amides is 1. The minimum Gasteiger partial charge on any atom is -0.482 e. The number of esters is 2. The minimum atomic E-state index is -0.665. The standard InChI is InChI=1S/C21H25NO6S/c1-5-26-21(25)16-10-17(13(2)3)29-20(16)22-18(23)11-28-19(24)12-27-15-8-6-7-14(4)9-15/h6-10,13H,5,11-12H2,1-4H3,(H,22,23). The maximum absolute atomic E-state index is 12.2. The molecule has 0 bridgehead atoms. The van der Waals surface area contributed by atoms with Gasteiger partial charge >= 0.3 is 11.9 Å². The van der Waals surface area contributed by atoms with Crippen molar-refractivity contribution in [2.75, 3.05) is 25.1 Å². The second kappa shape index (κ2) is 10.6. The van der Waals surface area contributed by atoms with Crippen LogP contribution in [0.2, 0.25) is 0 Å². The van der Waals surface area contributed by atoms with Crippen molar-refractivity contribution >= 4 is 34.2 Å². The number of ether oxygens (including phenoxy) is 3. The zero-order chi connectivity index (χ0) is 21.4. The zero-order valence-corrected chi connectivity index (χ0v) is 17.8. The minimum absolute atomic E-state index is 0.190. The van der Waals surface area contributed by atoms with E-state index in [1.807, 2.05) is 32.9 Å². The number of hydrogen-bond acceptors (Lipinski definition) is 7. The third kappa shape index (κ3) is 6.90. The third-order valence-electron chi connectivity index (χ3n) is 3.78. The molecule has 1 aromatic heterocycles. The van der Waals surface area contributed by atoms with Crippen LogP contribution < -0.4 is 10.1 Å². The van der Waals surface area contributed by atoms with E-state index < -0.39 is 24.5 Å². The first-order valence-electron chi connectivity index (χ1n) is 9.26. The number of nitrogens with one attached hydrogen (secondary N) is 1. The van der Waals surface area contributed by atoms with Crippen molar-refractivity contribution < 1.29 is 28.6 Å². The highest BCUT2D eigenvalue weighted by atomic mass is 32.1. The van der Waals surface area contributed by atoms with E-state index in [1.165, 1.54) is 11.3 Å². The molecule has 0 aliphatic heterocycles. The quantitative estimate of drug-likeness (QED) is 0.620. The van der Waals surface area contributed by atoms with E-state index in [1.54, 1.807) is 25.1 Å². The number of anilines is 1. The van der Waals surface area contributed by atoms with Crippen LogP contribution in [0.5, 0.6) is 5.75 Å². The van der Waals surface area contributed by atoms with Gasteiger partial charge in [-0.15, -0.1) is 11.3 Å². The van der Waals surface area contributed by atoms with Crippen LogP contribution in [0.15, 0.2) is 30.3 Å². The van der Waals surface area contributed by atoms with Crippen molar-refractivity contribution in [2.45, 2.75) is 33.6 Å². The summed E-state index contributed by atoms with van der Waals surface area (Å²) >= 11 is 1.30.